The van der Waals surface area contributed by atoms with E-state index >= 15 is 0 Å². The van der Waals surface area contributed by atoms with Crippen LogP contribution in [0.5, 0.6) is 0 Å². The Morgan fingerprint density at radius 2 is 1.71 bits per heavy atom. The number of rotatable bonds is 8. The summed E-state index contributed by atoms with van der Waals surface area (Å²) in [6.07, 6.45) is 1.80. The fourth-order valence-corrected chi connectivity index (χ4v) is 4.63. The van der Waals surface area contributed by atoms with E-state index in [2.05, 4.69) is 38.6 Å². The van der Waals surface area contributed by atoms with E-state index in [4.69, 9.17) is 11.6 Å². The monoisotopic (exact) mass is 485 g/mol. The summed E-state index contributed by atoms with van der Waals surface area (Å²) >= 11 is 6.09. The van der Waals surface area contributed by atoms with Gasteiger partial charge in [0.15, 0.2) is 5.43 Å². The van der Waals surface area contributed by atoms with Crippen molar-refractivity contribution in [2.75, 3.05) is 43.9 Å². The number of pyridine rings is 2. The van der Waals surface area contributed by atoms with E-state index in [0.29, 0.717) is 10.4 Å². The van der Waals surface area contributed by atoms with Crippen molar-refractivity contribution in [2.24, 2.45) is 0 Å². The molecule has 0 saturated heterocycles. The van der Waals surface area contributed by atoms with Crippen LogP contribution in [-0.4, -0.2) is 48.1 Å². The molecule has 0 spiro atoms. The van der Waals surface area contributed by atoms with Crippen molar-refractivity contribution >= 4 is 55.7 Å². The van der Waals surface area contributed by atoms with E-state index < -0.39 is 0 Å². The maximum atomic E-state index is 13.3. The number of aromatic nitrogens is 2. The van der Waals surface area contributed by atoms with Crippen molar-refractivity contribution in [3.8, 4) is 0 Å². The highest BCUT2D eigenvalue weighted by Crippen LogP contribution is 2.25. The number of halogens is 1. The molecule has 0 atom stereocenters. The molecule has 3 N–H and O–H groups in total. The molecule has 2 aromatic heterocycles. The van der Waals surface area contributed by atoms with Gasteiger partial charge in [-0.05, 0) is 62.0 Å². The molecule has 0 aliphatic rings. The molecule has 6 nitrogen and oxygen atoms in total. The Balaban J connectivity index is 1.22. The number of benzene rings is 3. The smallest absolute Gasteiger partial charge is 0.199 e. The molecule has 0 bridgehead atoms. The third kappa shape index (κ3) is 4.81. The maximum absolute atomic E-state index is 13.3. The van der Waals surface area contributed by atoms with Crippen LogP contribution in [0.4, 0.5) is 11.4 Å². The van der Waals surface area contributed by atoms with Gasteiger partial charge >= 0.3 is 0 Å². The number of para-hydroxylation sites is 1. The Bertz CT molecular complexity index is 1580. The van der Waals surface area contributed by atoms with Gasteiger partial charge in [-0.15, -0.1) is 0 Å². The predicted molar refractivity (Wildman–Crippen MR) is 148 cm³/mol. The second-order valence-electron chi connectivity index (χ2n) is 8.86. The molecule has 0 fully saturated rings. The molecule has 0 amide bonds. The lowest BCUT2D eigenvalue weighted by molar-refractivity contribution is 0.361. The summed E-state index contributed by atoms with van der Waals surface area (Å²) in [7, 11) is 2.10. The summed E-state index contributed by atoms with van der Waals surface area (Å²) in [6.45, 7) is 5.28. The number of nitrogens with zero attached hydrogens (tertiary/aromatic N) is 2. The molecular weight excluding hydrogens is 458 g/mol. The highest BCUT2D eigenvalue weighted by atomic mass is 35.5. The van der Waals surface area contributed by atoms with Gasteiger partial charge in [-0.25, -0.2) is 0 Å². The lowest BCUT2D eigenvalue weighted by atomic mass is 10.1. The molecule has 3 aromatic carbocycles. The first-order valence-corrected chi connectivity index (χ1v) is 12.1. The highest BCUT2D eigenvalue weighted by molar-refractivity contribution is 6.31. The van der Waals surface area contributed by atoms with Gasteiger partial charge in [0.05, 0.1) is 16.4 Å². The van der Waals surface area contributed by atoms with Crippen LogP contribution >= 0.6 is 11.6 Å². The van der Waals surface area contributed by atoms with Crippen molar-refractivity contribution in [2.45, 2.75) is 6.92 Å². The van der Waals surface area contributed by atoms with Crippen LogP contribution in [0.2, 0.25) is 5.02 Å². The lowest BCUT2D eigenvalue weighted by Crippen LogP contribution is -2.30. The summed E-state index contributed by atoms with van der Waals surface area (Å²) < 4.78 is 0. The van der Waals surface area contributed by atoms with Gasteiger partial charge in [-0.3, -0.25) is 9.78 Å². The van der Waals surface area contributed by atoms with Crippen molar-refractivity contribution in [3.63, 3.8) is 0 Å². The molecule has 0 aliphatic carbocycles. The summed E-state index contributed by atoms with van der Waals surface area (Å²) in [4.78, 5) is 23.4. The van der Waals surface area contributed by atoms with Crippen LogP contribution in [0.1, 0.15) is 5.56 Å². The number of hydrogen-bond donors (Lipinski definition) is 3. The summed E-state index contributed by atoms with van der Waals surface area (Å²) in [5, 5.41) is 10.2. The summed E-state index contributed by atoms with van der Waals surface area (Å²) in [5.41, 5.74) is 5.67. The third-order valence-corrected chi connectivity index (χ3v) is 6.63. The largest absolute Gasteiger partial charge is 0.383 e. The third-order valence-electron chi connectivity index (χ3n) is 6.39. The summed E-state index contributed by atoms with van der Waals surface area (Å²) in [5.74, 6) is 0. The number of aryl methyl sites for hydroxylation is 1. The Morgan fingerprint density at radius 3 is 2.54 bits per heavy atom. The van der Waals surface area contributed by atoms with Crippen LogP contribution in [0.25, 0.3) is 32.7 Å². The number of hydrogen-bond acceptors (Lipinski definition) is 5. The van der Waals surface area contributed by atoms with Gasteiger partial charge in [-0.1, -0.05) is 29.8 Å². The van der Waals surface area contributed by atoms with Crippen molar-refractivity contribution < 1.29 is 0 Å². The Labute approximate surface area is 208 Å². The fraction of sp³-hybridized carbons (Fsp3) is 0.214. The zero-order valence-electron chi connectivity index (χ0n) is 19.9. The molecule has 5 rings (SSSR count). The lowest BCUT2D eigenvalue weighted by Gasteiger charge is -2.19. The SMILES string of the molecule is Cc1ccc(NCCN(C)CCNc2ccnc3cc(Cl)ccc23)c2c(=O)c3ccccc3[nH]c12. The molecule has 0 saturated carbocycles. The fourth-order valence-electron chi connectivity index (χ4n) is 4.46. The highest BCUT2D eigenvalue weighted by Gasteiger charge is 2.11. The number of anilines is 2. The molecule has 178 valence electrons. The van der Waals surface area contributed by atoms with E-state index in [-0.39, 0.29) is 5.43 Å². The number of likely N-dealkylation sites (N-methyl/N-ethyl adjacent to an activating group) is 1. The average molecular weight is 486 g/mol. The Morgan fingerprint density at radius 1 is 0.943 bits per heavy atom. The molecule has 7 heteroatoms. The van der Waals surface area contributed by atoms with Gasteiger partial charge in [0.1, 0.15) is 0 Å². The quantitative estimate of drug-likeness (QED) is 0.248. The number of H-pyrrole nitrogens is 1. The normalized spacial score (nSPS) is 11.5. The average Bonchev–Trinajstić information content (AvgIpc) is 2.85. The van der Waals surface area contributed by atoms with E-state index in [9.17, 15) is 4.79 Å². The number of aromatic amines is 1. The minimum atomic E-state index is 0.0592. The molecular formula is C28H28ClN5O. The zero-order valence-corrected chi connectivity index (χ0v) is 20.6. The van der Waals surface area contributed by atoms with Gasteiger partial charge in [0.25, 0.3) is 0 Å². The minimum Gasteiger partial charge on any atom is -0.383 e. The van der Waals surface area contributed by atoms with Crippen molar-refractivity contribution in [1.29, 1.82) is 0 Å². The van der Waals surface area contributed by atoms with E-state index in [1.807, 2.05) is 61.5 Å². The second kappa shape index (κ2) is 9.94. The number of fused-ring (bicyclic) bond motifs is 3. The second-order valence-corrected chi connectivity index (χ2v) is 9.29. The van der Waals surface area contributed by atoms with Crippen LogP contribution in [0, 0.1) is 6.92 Å². The van der Waals surface area contributed by atoms with E-state index in [1.54, 1.807) is 6.20 Å². The summed E-state index contributed by atoms with van der Waals surface area (Å²) in [6, 6.07) is 19.5. The van der Waals surface area contributed by atoms with Gasteiger partial charge in [0, 0.05) is 65.1 Å². The van der Waals surface area contributed by atoms with E-state index in [1.165, 1.54) is 0 Å². The zero-order chi connectivity index (χ0) is 24.4. The first-order valence-electron chi connectivity index (χ1n) is 11.8. The predicted octanol–water partition coefficient (Wildman–Crippen LogP) is 5.65. The topological polar surface area (TPSA) is 73.0 Å². The number of nitrogens with one attached hydrogen (secondary N) is 3. The minimum absolute atomic E-state index is 0.0592. The maximum Gasteiger partial charge on any atom is 0.199 e. The molecule has 2 heterocycles. The first kappa shape index (κ1) is 23.1. The van der Waals surface area contributed by atoms with Crippen molar-refractivity contribution in [1.82, 2.24) is 14.9 Å². The Hall–Kier alpha value is -3.61. The standard InChI is InChI=1S/C28H28ClN5O/c1-18-7-10-24(26-27(18)33-23-6-4-3-5-21(23)28(26)35)32-14-16-34(2)15-13-31-22-11-12-30-25-17-19(29)8-9-20(22)25/h3-12,17,32H,13-16H2,1-2H3,(H,30,31)(H,33,35). The van der Waals surface area contributed by atoms with Crippen LogP contribution < -0.4 is 16.1 Å². The Kier molecular flexibility index (Phi) is 6.57. The molecule has 0 aliphatic heterocycles. The van der Waals surface area contributed by atoms with Gasteiger partial charge < -0.3 is 20.5 Å². The van der Waals surface area contributed by atoms with Crippen molar-refractivity contribution in [3.05, 3.63) is 87.7 Å². The van der Waals surface area contributed by atoms with Gasteiger partial charge in [-0.2, -0.15) is 0 Å². The van der Waals surface area contributed by atoms with Crippen LogP contribution in [0.3, 0.4) is 0 Å². The van der Waals surface area contributed by atoms with Crippen LogP contribution in [0.15, 0.2) is 71.7 Å². The molecule has 0 unspecified atom stereocenters. The molecule has 0 radical (unpaired) electrons. The molecule has 5 aromatic rings. The first-order chi connectivity index (χ1) is 17.0. The van der Waals surface area contributed by atoms with Crippen LogP contribution in [-0.2, 0) is 0 Å². The van der Waals surface area contributed by atoms with E-state index in [0.717, 1.165) is 70.4 Å². The molecule has 35 heavy (non-hydrogen) atoms. The van der Waals surface area contributed by atoms with Gasteiger partial charge in [0.2, 0.25) is 0 Å².